The predicted octanol–water partition coefficient (Wildman–Crippen LogP) is 5.74. The van der Waals surface area contributed by atoms with Gasteiger partial charge in [-0.2, -0.15) is 0 Å². The second-order valence-electron chi connectivity index (χ2n) is 17.2. The van der Waals surface area contributed by atoms with Crippen LogP contribution in [0.25, 0.3) is 0 Å². The number of amides is 2. The Morgan fingerprint density at radius 3 is 1.76 bits per heavy atom. The molecule has 58 heavy (non-hydrogen) atoms. The molecule has 0 aromatic heterocycles. The first-order chi connectivity index (χ1) is 27.2. The van der Waals surface area contributed by atoms with Crippen LogP contribution in [0.2, 0.25) is 0 Å². The molecule has 6 atom stereocenters. The van der Waals surface area contributed by atoms with Crippen LogP contribution in [0.4, 0.5) is 9.59 Å². The molecule has 0 saturated carbocycles. The highest BCUT2D eigenvalue weighted by molar-refractivity contribution is 5.87. The summed E-state index contributed by atoms with van der Waals surface area (Å²) in [6, 6.07) is 0. The fourth-order valence-corrected chi connectivity index (χ4v) is 7.00. The van der Waals surface area contributed by atoms with Crippen LogP contribution in [0.3, 0.4) is 0 Å². The summed E-state index contributed by atoms with van der Waals surface area (Å²) in [4.78, 5) is 72.3. The van der Waals surface area contributed by atoms with Crippen molar-refractivity contribution in [3.63, 3.8) is 0 Å². The van der Waals surface area contributed by atoms with Crippen LogP contribution in [-0.4, -0.2) is 113 Å². The third kappa shape index (κ3) is 20.0. The van der Waals surface area contributed by atoms with E-state index in [9.17, 15) is 28.8 Å². The Balaban J connectivity index is 1.59. The number of nitrogens with one attached hydrogen (secondary N) is 2. The highest BCUT2D eigenvalue weighted by Crippen LogP contribution is 2.33. The minimum atomic E-state index is -0.630. The maximum absolute atomic E-state index is 12.7. The number of carbonyl (C=O) groups excluding carboxylic acids is 6. The molecule has 0 aliphatic carbocycles. The molecule has 0 radical (unpaired) electrons. The largest absolute Gasteiger partial charge is 0.462 e. The van der Waals surface area contributed by atoms with E-state index < -0.39 is 48.5 Å². The van der Waals surface area contributed by atoms with Gasteiger partial charge in [-0.25, -0.2) is 19.2 Å². The summed E-state index contributed by atoms with van der Waals surface area (Å²) in [6.07, 6.45) is 1.43. The average molecular weight is 825 g/mol. The maximum atomic E-state index is 12.7. The Hall–Kier alpha value is -4.18. The second kappa shape index (κ2) is 24.7. The summed E-state index contributed by atoms with van der Waals surface area (Å²) in [6.45, 7) is 23.5. The number of carbonyl (C=O) groups is 6. The Kier molecular flexibility index (Phi) is 21.3. The third-order valence-electron chi connectivity index (χ3n) is 9.83. The lowest BCUT2D eigenvalue weighted by Gasteiger charge is -2.28. The molecule has 2 fully saturated rings. The van der Waals surface area contributed by atoms with E-state index in [-0.39, 0.29) is 98.2 Å². The zero-order chi connectivity index (χ0) is 43.5. The van der Waals surface area contributed by atoms with Crippen molar-refractivity contribution in [2.45, 2.75) is 131 Å². The van der Waals surface area contributed by atoms with Crippen molar-refractivity contribution in [3.8, 4) is 0 Å². The zero-order valence-electron chi connectivity index (χ0n) is 35.9. The molecule has 330 valence electrons. The number of alkyl carbamates (subject to hydrolysis) is 2. The Bertz CT molecular complexity index is 1310. The molecule has 16 heteroatoms. The molecule has 2 heterocycles. The molecule has 16 nitrogen and oxygen atoms in total. The van der Waals surface area contributed by atoms with E-state index in [0.29, 0.717) is 32.4 Å². The van der Waals surface area contributed by atoms with E-state index >= 15 is 0 Å². The number of fused-ring (bicyclic) bond motifs is 1. The quantitative estimate of drug-likeness (QED) is 0.0463. The van der Waals surface area contributed by atoms with Crippen LogP contribution in [0.5, 0.6) is 0 Å². The van der Waals surface area contributed by atoms with Gasteiger partial charge in [-0.15, -0.1) is 0 Å². The molecular weight excluding hydrogens is 756 g/mol. The van der Waals surface area contributed by atoms with Crippen molar-refractivity contribution < 1.29 is 66.7 Å². The van der Waals surface area contributed by atoms with Crippen molar-refractivity contribution in [2.75, 3.05) is 52.7 Å². The highest BCUT2D eigenvalue weighted by Gasteiger charge is 2.51. The highest BCUT2D eigenvalue weighted by atomic mass is 16.7. The van der Waals surface area contributed by atoms with Crippen molar-refractivity contribution >= 4 is 36.1 Å². The molecule has 0 bridgehead atoms. The molecule has 2 N–H and O–H groups in total. The molecule has 2 saturated heterocycles. The summed E-state index contributed by atoms with van der Waals surface area (Å²) >= 11 is 0. The van der Waals surface area contributed by atoms with E-state index in [1.165, 1.54) is 6.92 Å². The van der Waals surface area contributed by atoms with E-state index in [0.717, 1.165) is 19.3 Å². The van der Waals surface area contributed by atoms with Crippen LogP contribution in [0.15, 0.2) is 24.3 Å². The summed E-state index contributed by atoms with van der Waals surface area (Å²) in [5.41, 5.74) is 0.200. The van der Waals surface area contributed by atoms with Gasteiger partial charge >= 0.3 is 36.1 Å². The molecule has 2 aliphatic rings. The van der Waals surface area contributed by atoms with Gasteiger partial charge in [0.25, 0.3) is 0 Å². The molecule has 2 aliphatic heterocycles. The normalized spacial score (nSPS) is 19.8. The fraction of sp³-hybridized carbons (Fsp3) is 0.762. The number of hydrogen-bond donors (Lipinski definition) is 2. The van der Waals surface area contributed by atoms with Gasteiger partial charge in [-0.1, -0.05) is 61.1 Å². The van der Waals surface area contributed by atoms with Gasteiger partial charge in [0.05, 0.1) is 13.2 Å². The lowest BCUT2D eigenvalue weighted by Crippen LogP contribution is -2.38. The van der Waals surface area contributed by atoms with Gasteiger partial charge in [0.1, 0.15) is 38.6 Å². The Morgan fingerprint density at radius 2 is 1.17 bits per heavy atom. The fourth-order valence-electron chi connectivity index (χ4n) is 7.00. The zero-order valence-corrected chi connectivity index (χ0v) is 35.9. The topological polar surface area (TPSA) is 200 Å². The molecule has 0 spiro atoms. The van der Waals surface area contributed by atoms with Crippen LogP contribution < -0.4 is 10.6 Å². The van der Waals surface area contributed by atoms with Gasteiger partial charge in [0.15, 0.2) is 12.2 Å². The number of hydrogen-bond acceptors (Lipinski definition) is 14. The standard InChI is InChI=1S/C42H68N2O14/c1-27(2)37(47)52-19-18-51-33(45)14-16-41(7,8)22-30(6)15-17-43-40(50)58-32-25-56-35-31(24-55-36(32)35)57-34(46)13-11-12-29(5)23-42(9,10)26-44-39(49)54-21-20-53-38(48)28(3)4/h29-32,35-36H,1,3,11-26H2,2,4-10H3,(H,43,50)(H,44,49)/t29?,30?,31-,32+,35+,36+/m0/s1. The van der Waals surface area contributed by atoms with Crippen molar-refractivity contribution in [1.82, 2.24) is 10.6 Å². The van der Waals surface area contributed by atoms with E-state index in [4.69, 9.17) is 37.9 Å². The van der Waals surface area contributed by atoms with Crippen LogP contribution in [-0.2, 0) is 57.1 Å². The molecule has 0 aromatic rings. The summed E-state index contributed by atoms with van der Waals surface area (Å²) in [5, 5.41) is 5.55. The first kappa shape index (κ1) is 50.0. The minimum Gasteiger partial charge on any atom is -0.462 e. The van der Waals surface area contributed by atoms with Crippen LogP contribution in [0, 0.1) is 22.7 Å². The molecule has 0 aromatic carbocycles. The van der Waals surface area contributed by atoms with Gasteiger partial charge in [0.2, 0.25) is 0 Å². The van der Waals surface area contributed by atoms with Crippen LogP contribution >= 0.6 is 0 Å². The molecular formula is C42H68N2O14. The monoisotopic (exact) mass is 824 g/mol. The number of rotatable bonds is 26. The molecule has 2 unspecified atom stereocenters. The SMILES string of the molecule is C=C(C)C(=O)OCCOC(=O)CCC(C)(C)CC(C)CCNC(=O)O[C@@H]1CO[C@H]2[C@@H]1OC[C@@H]2OC(=O)CCCC(C)CC(C)(C)CNC(=O)OCCOC(=O)C(=C)C. The number of ether oxygens (including phenoxy) is 8. The van der Waals surface area contributed by atoms with Gasteiger partial charge in [0, 0.05) is 37.1 Å². The lowest BCUT2D eigenvalue weighted by atomic mass is 9.79. The Morgan fingerprint density at radius 1 is 0.655 bits per heavy atom. The first-order valence-electron chi connectivity index (χ1n) is 20.3. The number of esters is 4. The second-order valence-corrected chi connectivity index (χ2v) is 17.2. The minimum absolute atomic E-state index is 0.00193. The average Bonchev–Trinajstić information content (AvgIpc) is 3.72. The third-order valence-corrected chi connectivity index (χ3v) is 9.83. The maximum Gasteiger partial charge on any atom is 0.407 e. The smallest absolute Gasteiger partial charge is 0.407 e. The van der Waals surface area contributed by atoms with Gasteiger partial charge in [-0.3, -0.25) is 9.59 Å². The van der Waals surface area contributed by atoms with Gasteiger partial charge in [-0.05, 0) is 68.6 Å². The van der Waals surface area contributed by atoms with Crippen molar-refractivity contribution in [3.05, 3.63) is 24.3 Å². The van der Waals surface area contributed by atoms with E-state index in [1.807, 2.05) is 13.8 Å². The van der Waals surface area contributed by atoms with Gasteiger partial charge < -0.3 is 48.5 Å². The first-order valence-corrected chi connectivity index (χ1v) is 20.3. The lowest BCUT2D eigenvalue weighted by molar-refractivity contribution is -0.154. The molecule has 2 amide bonds. The predicted molar refractivity (Wildman–Crippen MR) is 212 cm³/mol. The summed E-state index contributed by atoms with van der Waals surface area (Å²) in [7, 11) is 0. The van der Waals surface area contributed by atoms with E-state index in [1.54, 1.807) is 6.92 Å². The van der Waals surface area contributed by atoms with Crippen LogP contribution in [0.1, 0.15) is 107 Å². The van der Waals surface area contributed by atoms with Crippen molar-refractivity contribution in [2.24, 2.45) is 22.7 Å². The molecule has 2 rings (SSSR count). The van der Waals surface area contributed by atoms with E-state index in [2.05, 4.69) is 51.5 Å². The Labute approximate surface area is 343 Å². The summed E-state index contributed by atoms with van der Waals surface area (Å²) in [5.74, 6) is -1.21. The van der Waals surface area contributed by atoms with Crippen molar-refractivity contribution in [1.29, 1.82) is 0 Å². The summed E-state index contributed by atoms with van der Waals surface area (Å²) < 4.78 is 43.1.